The summed E-state index contributed by atoms with van der Waals surface area (Å²) in [6.07, 6.45) is 3.76. The van der Waals surface area contributed by atoms with E-state index >= 15 is 0 Å². The molecule has 1 aliphatic heterocycles. The molecule has 2 heterocycles. The number of piperazine rings is 1. The van der Waals surface area contributed by atoms with Crippen LogP contribution in [0.15, 0.2) is 83.8 Å². The number of carbonyl (C=O) groups excluding carboxylic acids is 2. The molecule has 0 unspecified atom stereocenters. The van der Waals surface area contributed by atoms with Crippen LogP contribution in [0.25, 0.3) is 10.6 Å². The van der Waals surface area contributed by atoms with Crippen LogP contribution in [-0.4, -0.2) is 70.8 Å². The van der Waals surface area contributed by atoms with Crippen molar-refractivity contribution in [1.82, 2.24) is 20.2 Å². The fourth-order valence-corrected chi connectivity index (χ4v) is 6.12. The van der Waals surface area contributed by atoms with Gasteiger partial charge in [-0.15, -0.1) is 17.9 Å². The van der Waals surface area contributed by atoms with Gasteiger partial charge in [-0.2, -0.15) is 5.10 Å². The van der Waals surface area contributed by atoms with Crippen LogP contribution in [0.2, 0.25) is 5.02 Å². The highest BCUT2D eigenvalue weighted by Crippen LogP contribution is 2.26. The maximum absolute atomic E-state index is 12.5. The maximum atomic E-state index is 12.5. The predicted molar refractivity (Wildman–Crippen MR) is 186 cm³/mol. The number of nitrogens with one attached hydrogen (secondary N) is 3. The number of benzene rings is 3. The largest absolute Gasteiger partial charge is 0.507 e. The van der Waals surface area contributed by atoms with E-state index in [4.69, 9.17) is 16.6 Å². The lowest BCUT2D eigenvalue weighted by Crippen LogP contribution is -2.48. The van der Waals surface area contributed by atoms with E-state index in [1.165, 1.54) is 6.21 Å². The lowest BCUT2D eigenvalue weighted by atomic mass is 10.0. The molecule has 0 spiro atoms. The molecule has 12 heteroatoms. The summed E-state index contributed by atoms with van der Waals surface area (Å²) < 4.78 is 0. The number of carbonyl (C=O) groups is 2. The second-order valence-corrected chi connectivity index (χ2v) is 12.3. The maximum Gasteiger partial charge on any atom is 0.323 e. The van der Waals surface area contributed by atoms with E-state index in [-0.39, 0.29) is 24.2 Å². The van der Waals surface area contributed by atoms with Crippen LogP contribution in [-0.2, 0) is 17.8 Å². The Balaban J connectivity index is 1.04. The van der Waals surface area contributed by atoms with Crippen LogP contribution in [0, 0.1) is 6.92 Å². The van der Waals surface area contributed by atoms with Gasteiger partial charge in [-0.1, -0.05) is 29.8 Å². The number of urea groups is 1. The Labute approximate surface area is 277 Å². The first-order chi connectivity index (χ1) is 22.2. The highest BCUT2D eigenvalue weighted by Gasteiger charge is 2.20. The lowest BCUT2D eigenvalue weighted by molar-refractivity contribution is -0.122. The number of rotatable bonds is 11. The third kappa shape index (κ3) is 9.24. The van der Waals surface area contributed by atoms with Gasteiger partial charge >= 0.3 is 6.03 Å². The topological polar surface area (TPSA) is 122 Å². The standard InChI is InChI=1S/C34H36ClN7O3S/c1-3-5-25-16-23(2)17-26(32(25)44)19-36-40-31(43)21-42-14-12-41(13-15-42)20-30-22-46-33(37-30)24-8-10-28(11-9-24)38-34(45)39-29-7-4-6-27(35)18-29/h3-4,6-11,16-19,22,44H,1,5,12-15,20-21H2,2H3,(H,40,43)(H2,38,39,45)/b36-19+. The van der Waals surface area contributed by atoms with Crippen molar-refractivity contribution in [3.05, 3.63) is 106 Å². The lowest BCUT2D eigenvalue weighted by Gasteiger charge is -2.33. The molecule has 1 saturated heterocycles. The minimum Gasteiger partial charge on any atom is -0.507 e. The number of halogens is 1. The van der Waals surface area contributed by atoms with E-state index in [9.17, 15) is 14.7 Å². The normalized spacial score (nSPS) is 13.9. The number of hydrogen-bond donors (Lipinski definition) is 4. The van der Waals surface area contributed by atoms with E-state index in [2.05, 4.69) is 42.9 Å². The molecule has 0 radical (unpaired) electrons. The number of aromatic nitrogens is 1. The molecule has 5 rings (SSSR count). The summed E-state index contributed by atoms with van der Waals surface area (Å²) in [6, 6.07) is 17.9. The quantitative estimate of drug-likeness (QED) is 0.0876. The molecule has 10 nitrogen and oxygen atoms in total. The first kappa shape index (κ1) is 32.8. The van der Waals surface area contributed by atoms with Crippen molar-refractivity contribution in [3.63, 3.8) is 0 Å². The minimum atomic E-state index is -0.349. The third-order valence-electron chi connectivity index (χ3n) is 7.36. The van der Waals surface area contributed by atoms with Crippen molar-refractivity contribution in [2.75, 3.05) is 43.4 Å². The van der Waals surface area contributed by atoms with E-state index < -0.39 is 0 Å². The molecular formula is C34H36ClN7O3S. The molecule has 4 aromatic rings. The van der Waals surface area contributed by atoms with Gasteiger partial charge in [-0.05, 0) is 73.0 Å². The molecule has 1 aromatic heterocycles. The first-order valence-corrected chi connectivity index (χ1v) is 16.1. The Kier molecular flexibility index (Phi) is 11.2. The molecule has 1 aliphatic rings. The Bertz CT molecular complexity index is 1720. The van der Waals surface area contributed by atoms with Gasteiger partial charge in [0.25, 0.3) is 5.91 Å². The zero-order chi connectivity index (χ0) is 32.5. The number of aryl methyl sites for hydroxylation is 1. The fourth-order valence-electron chi connectivity index (χ4n) is 5.11. The van der Waals surface area contributed by atoms with Gasteiger partial charge in [0, 0.05) is 65.6 Å². The van der Waals surface area contributed by atoms with Crippen LogP contribution in [0.4, 0.5) is 16.2 Å². The molecule has 0 aliphatic carbocycles. The predicted octanol–water partition coefficient (Wildman–Crippen LogP) is 6.12. The number of allylic oxidation sites excluding steroid dienone is 1. The van der Waals surface area contributed by atoms with Gasteiger partial charge in [-0.3, -0.25) is 14.6 Å². The van der Waals surface area contributed by atoms with Crippen molar-refractivity contribution in [2.45, 2.75) is 19.9 Å². The second kappa shape index (κ2) is 15.6. The smallest absolute Gasteiger partial charge is 0.323 e. The number of anilines is 2. The van der Waals surface area contributed by atoms with Crippen molar-refractivity contribution < 1.29 is 14.7 Å². The molecule has 238 valence electrons. The Morgan fingerprint density at radius 1 is 1.04 bits per heavy atom. The molecule has 0 atom stereocenters. The Hall–Kier alpha value is -4.55. The number of hydrazone groups is 1. The minimum absolute atomic E-state index is 0.148. The molecule has 3 amide bonds. The number of hydrogen-bond acceptors (Lipinski definition) is 8. The van der Waals surface area contributed by atoms with E-state index in [1.807, 2.05) is 43.3 Å². The molecular weight excluding hydrogens is 622 g/mol. The van der Waals surface area contributed by atoms with Crippen LogP contribution in [0.5, 0.6) is 5.75 Å². The molecule has 1 fully saturated rings. The van der Waals surface area contributed by atoms with Gasteiger partial charge < -0.3 is 15.7 Å². The summed E-state index contributed by atoms with van der Waals surface area (Å²) in [5, 5.41) is 23.6. The molecule has 4 N–H and O–H groups in total. The van der Waals surface area contributed by atoms with Crippen molar-refractivity contribution in [1.29, 1.82) is 0 Å². The van der Waals surface area contributed by atoms with E-state index in [0.29, 0.717) is 28.4 Å². The summed E-state index contributed by atoms with van der Waals surface area (Å²) in [6.45, 7) is 9.83. The number of phenolic OH excluding ortho intramolecular Hbond substituents is 1. The highest BCUT2D eigenvalue weighted by atomic mass is 35.5. The number of aromatic hydroxyl groups is 1. The summed E-state index contributed by atoms with van der Waals surface area (Å²) in [7, 11) is 0. The van der Waals surface area contributed by atoms with E-state index in [0.717, 1.165) is 60.1 Å². The van der Waals surface area contributed by atoms with Gasteiger partial charge in [0.1, 0.15) is 10.8 Å². The van der Waals surface area contributed by atoms with Crippen molar-refractivity contribution >= 4 is 52.5 Å². The molecule has 46 heavy (non-hydrogen) atoms. The van der Waals surface area contributed by atoms with Gasteiger partial charge in [0.2, 0.25) is 0 Å². The van der Waals surface area contributed by atoms with Gasteiger partial charge in [-0.25, -0.2) is 15.2 Å². The summed E-state index contributed by atoms with van der Waals surface area (Å²) >= 11 is 7.57. The summed E-state index contributed by atoms with van der Waals surface area (Å²) in [4.78, 5) is 34.1. The third-order valence-corrected chi connectivity index (χ3v) is 8.54. The fraction of sp³-hybridized carbons (Fsp3) is 0.235. The number of phenols is 1. The number of nitrogens with zero attached hydrogens (tertiary/aromatic N) is 4. The van der Waals surface area contributed by atoms with Gasteiger partial charge in [0.15, 0.2) is 0 Å². The van der Waals surface area contributed by atoms with Crippen molar-refractivity contribution in [3.8, 4) is 16.3 Å². The number of amides is 3. The molecule has 0 bridgehead atoms. The average Bonchev–Trinajstić information content (AvgIpc) is 3.49. The Morgan fingerprint density at radius 2 is 1.78 bits per heavy atom. The monoisotopic (exact) mass is 657 g/mol. The second-order valence-electron chi connectivity index (χ2n) is 11.0. The van der Waals surface area contributed by atoms with Crippen LogP contribution < -0.4 is 16.1 Å². The Morgan fingerprint density at radius 3 is 2.52 bits per heavy atom. The molecule has 0 saturated carbocycles. The summed E-state index contributed by atoms with van der Waals surface area (Å²) in [5.41, 5.74) is 8.16. The SMILES string of the molecule is C=CCc1cc(C)cc(/C=N/NC(=O)CN2CCN(Cc3csc(-c4ccc(NC(=O)Nc5cccc(Cl)c5)cc4)n3)CC2)c1O. The van der Waals surface area contributed by atoms with Crippen molar-refractivity contribution in [2.24, 2.45) is 5.10 Å². The number of thiazole rings is 1. The van der Waals surface area contributed by atoms with Crippen LogP contribution in [0.3, 0.4) is 0 Å². The zero-order valence-electron chi connectivity index (χ0n) is 25.5. The average molecular weight is 658 g/mol. The zero-order valence-corrected chi connectivity index (χ0v) is 27.1. The van der Waals surface area contributed by atoms with E-state index in [1.54, 1.807) is 41.7 Å². The molecule has 3 aromatic carbocycles. The first-order valence-electron chi connectivity index (χ1n) is 14.8. The highest BCUT2D eigenvalue weighted by molar-refractivity contribution is 7.13. The van der Waals surface area contributed by atoms with Gasteiger partial charge in [0.05, 0.1) is 18.5 Å². The summed E-state index contributed by atoms with van der Waals surface area (Å²) in [5.74, 6) is -0.0513. The van der Waals surface area contributed by atoms with Crippen LogP contribution in [0.1, 0.15) is 22.4 Å². The van der Waals surface area contributed by atoms with Crippen LogP contribution >= 0.6 is 22.9 Å².